The maximum absolute atomic E-state index is 12.4. The Labute approximate surface area is 115 Å². The molecule has 1 atom stereocenters. The first-order valence-corrected chi connectivity index (χ1v) is 7.68. The third-order valence-corrected chi connectivity index (χ3v) is 4.69. The van der Waals surface area contributed by atoms with Gasteiger partial charge in [-0.1, -0.05) is 0 Å². The van der Waals surface area contributed by atoms with Crippen LogP contribution in [0, 0.1) is 0 Å². The largest absolute Gasteiger partial charge is 0.501 e. The minimum Gasteiger partial charge on any atom is -0.383 e. The molecule has 0 radical (unpaired) electrons. The van der Waals surface area contributed by atoms with E-state index in [2.05, 4.69) is 10.6 Å². The zero-order valence-electron chi connectivity index (χ0n) is 10.6. The van der Waals surface area contributed by atoms with Gasteiger partial charge in [0.05, 0.1) is 4.90 Å². The third kappa shape index (κ3) is 3.24. The Morgan fingerprint density at radius 3 is 2.40 bits per heavy atom. The van der Waals surface area contributed by atoms with Crippen molar-refractivity contribution in [3.05, 3.63) is 24.3 Å². The van der Waals surface area contributed by atoms with E-state index in [1.807, 2.05) is 0 Å². The smallest absolute Gasteiger partial charge is 0.383 e. The molecule has 1 aromatic carbocycles. The Hall–Kier alpha value is -1.28. The molecule has 0 saturated carbocycles. The van der Waals surface area contributed by atoms with E-state index in [4.69, 9.17) is 0 Å². The molecule has 2 rings (SSSR count). The predicted molar refractivity (Wildman–Crippen MR) is 69.2 cm³/mol. The van der Waals surface area contributed by atoms with Crippen LogP contribution in [0.5, 0.6) is 0 Å². The van der Waals surface area contributed by atoms with Crippen LogP contribution in [0.25, 0.3) is 0 Å². The van der Waals surface area contributed by atoms with Crippen LogP contribution in [-0.2, 0) is 9.84 Å². The number of rotatable bonds is 4. The molecule has 0 aliphatic carbocycles. The predicted octanol–water partition coefficient (Wildman–Crippen LogP) is 2.14. The number of halogens is 3. The summed E-state index contributed by atoms with van der Waals surface area (Å²) in [4.78, 5) is -0.741. The van der Waals surface area contributed by atoms with Crippen molar-refractivity contribution in [2.45, 2.75) is 29.3 Å². The second kappa shape index (κ2) is 5.61. The van der Waals surface area contributed by atoms with Crippen molar-refractivity contribution < 1.29 is 21.6 Å². The fraction of sp³-hybridized carbons (Fsp3) is 0.500. The number of anilines is 1. The molecule has 2 N–H and O–H groups in total. The van der Waals surface area contributed by atoms with Gasteiger partial charge in [0.15, 0.2) is 0 Å². The van der Waals surface area contributed by atoms with E-state index < -0.39 is 20.2 Å². The maximum Gasteiger partial charge on any atom is 0.501 e. The highest BCUT2D eigenvalue weighted by atomic mass is 32.2. The number of benzene rings is 1. The molecule has 1 aliphatic heterocycles. The quantitative estimate of drug-likeness (QED) is 0.895. The Kier molecular flexibility index (Phi) is 4.24. The first-order chi connectivity index (χ1) is 9.30. The van der Waals surface area contributed by atoms with Gasteiger partial charge in [0.25, 0.3) is 9.84 Å². The molecule has 1 unspecified atom stereocenters. The summed E-state index contributed by atoms with van der Waals surface area (Å²) in [5, 5.41) is 6.34. The summed E-state index contributed by atoms with van der Waals surface area (Å²) in [6.07, 6.45) is 2.16. The van der Waals surface area contributed by atoms with Gasteiger partial charge < -0.3 is 10.6 Å². The van der Waals surface area contributed by atoms with Gasteiger partial charge >= 0.3 is 5.51 Å². The minimum atomic E-state index is -5.27. The lowest BCUT2D eigenvalue weighted by atomic mass is 10.2. The van der Waals surface area contributed by atoms with Gasteiger partial charge in [-0.3, -0.25) is 0 Å². The number of nitrogens with one attached hydrogen (secondary N) is 2. The highest BCUT2D eigenvalue weighted by molar-refractivity contribution is 7.92. The standard InChI is InChI=1S/C12H15F3N2O2S/c13-12(14,15)20(18,19)11-5-3-9(4-6-11)17-8-10-2-1-7-16-10/h3-6,10,16-17H,1-2,7-8H2. The molecule has 8 heteroatoms. The monoisotopic (exact) mass is 308 g/mol. The summed E-state index contributed by atoms with van der Waals surface area (Å²) in [5.41, 5.74) is -4.67. The Morgan fingerprint density at radius 1 is 1.25 bits per heavy atom. The molecule has 0 spiro atoms. The van der Waals surface area contributed by atoms with E-state index in [9.17, 15) is 21.6 Å². The van der Waals surface area contributed by atoms with E-state index in [-0.39, 0.29) is 0 Å². The van der Waals surface area contributed by atoms with Crippen LogP contribution in [0.15, 0.2) is 29.2 Å². The lowest BCUT2D eigenvalue weighted by Gasteiger charge is -2.13. The van der Waals surface area contributed by atoms with Crippen molar-refractivity contribution in [3.63, 3.8) is 0 Å². The van der Waals surface area contributed by atoms with Gasteiger partial charge in [-0.2, -0.15) is 13.2 Å². The number of alkyl halides is 3. The van der Waals surface area contributed by atoms with Crippen LogP contribution < -0.4 is 10.6 Å². The van der Waals surface area contributed by atoms with Gasteiger partial charge in [0.2, 0.25) is 0 Å². The summed E-state index contributed by atoms with van der Waals surface area (Å²) < 4.78 is 59.4. The zero-order valence-corrected chi connectivity index (χ0v) is 11.4. The van der Waals surface area contributed by atoms with Crippen molar-refractivity contribution in [2.75, 3.05) is 18.4 Å². The molecule has 0 bridgehead atoms. The number of hydrogen-bond acceptors (Lipinski definition) is 4. The molecular formula is C12H15F3N2O2S. The molecule has 1 aromatic rings. The molecule has 4 nitrogen and oxygen atoms in total. The molecule has 0 amide bonds. The van der Waals surface area contributed by atoms with E-state index in [0.29, 0.717) is 18.3 Å². The molecule has 1 heterocycles. The Balaban J connectivity index is 2.03. The highest BCUT2D eigenvalue weighted by Gasteiger charge is 2.46. The lowest BCUT2D eigenvalue weighted by Crippen LogP contribution is -2.29. The van der Waals surface area contributed by atoms with Crippen LogP contribution in [0.4, 0.5) is 18.9 Å². The highest BCUT2D eigenvalue weighted by Crippen LogP contribution is 2.30. The average Bonchev–Trinajstić information content (AvgIpc) is 2.88. The van der Waals surface area contributed by atoms with Crippen LogP contribution in [-0.4, -0.2) is 33.1 Å². The van der Waals surface area contributed by atoms with E-state index in [0.717, 1.165) is 31.5 Å². The normalized spacial score (nSPS) is 20.1. The first-order valence-electron chi connectivity index (χ1n) is 6.19. The summed E-state index contributed by atoms with van der Waals surface area (Å²) in [6, 6.07) is 4.95. The first kappa shape index (κ1) is 15.1. The van der Waals surface area contributed by atoms with Crippen LogP contribution in [0.1, 0.15) is 12.8 Å². The molecule has 1 fully saturated rings. The topological polar surface area (TPSA) is 58.2 Å². The van der Waals surface area contributed by atoms with E-state index >= 15 is 0 Å². The maximum atomic E-state index is 12.4. The van der Waals surface area contributed by atoms with Gasteiger partial charge in [-0.15, -0.1) is 0 Å². The Bertz CT molecular complexity index is 549. The summed E-state index contributed by atoms with van der Waals surface area (Å²) >= 11 is 0. The number of hydrogen-bond donors (Lipinski definition) is 2. The van der Waals surface area contributed by atoms with Crippen LogP contribution >= 0.6 is 0 Å². The summed E-state index contributed by atoms with van der Waals surface area (Å²) in [7, 11) is -5.26. The van der Waals surface area contributed by atoms with Crippen molar-refractivity contribution in [1.82, 2.24) is 5.32 Å². The van der Waals surface area contributed by atoms with Crippen molar-refractivity contribution in [2.24, 2.45) is 0 Å². The van der Waals surface area contributed by atoms with Gasteiger partial charge in [0.1, 0.15) is 0 Å². The van der Waals surface area contributed by atoms with Crippen LogP contribution in [0.3, 0.4) is 0 Å². The molecule has 1 aliphatic rings. The fourth-order valence-corrected chi connectivity index (χ4v) is 2.82. The van der Waals surface area contributed by atoms with Crippen molar-refractivity contribution in [1.29, 1.82) is 0 Å². The van der Waals surface area contributed by atoms with Crippen molar-refractivity contribution in [3.8, 4) is 0 Å². The summed E-state index contributed by atoms with van der Waals surface area (Å²) in [6.45, 7) is 1.63. The summed E-state index contributed by atoms with van der Waals surface area (Å²) in [5.74, 6) is 0. The molecule has 0 aromatic heterocycles. The van der Waals surface area contributed by atoms with Gasteiger partial charge in [0, 0.05) is 18.3 Å². The minimum absolute atomic E-state index is 0.341. The Morgan fingerprint density at radius 2 is 1.90 bits per heavy atom. The van der Waals surface area contributed by atoms with E-state index in [1.165, 1.54) is 12.1 Å². The second-order valence-electron chi connectivity index (χ2n) is 4.65. The second-order valence-corrected chi connectivity index (χ2v) is 6.59. The average molecular weight is 308 g/mol. The van der Waals surface area contributed by atoms with Crippen molar-refractivity contribution >= 4 is 15.5 Å². The zero-order chi connectivity index (χ0) is 14.8. The fourth-order valence-electron chi connectivity index (χ4n) is 2.06. The molecular weight excluding hydrogens is 293 g/mol. The number of sulfone groups is 1. The van der Waals surface area contributed by atoms with E-state index in [1.54, 1.807) is 0 Å². The molecule has 20 heavy (non-hydrogen) atoms. The van der Waals surface area contributed by atoms with Gasteiger partial charge in [-0.25, -0.2) is 8.42 Å². The van der Waals surface area contributed by atoms with Crippen LogP contribution in [0.2, 0.25) is 0 Å². The molecule has 112 valence electrons. The third-order valence-electron chi connectivity index (χ3n) is 3.18. The van der Waals surface area contributed by atoms with Gasteiger partial charge in [-0.05, 0) is 43.7 Å². The lowest BCUT2D eigenvalue weighted by molar-refractivity contribution is -0.0436. The SMILES string of the molecule is O=S(=O)(c1ccc(NCC2CCCN2)cc1)C(F)(F)F. The molecule has 1 saturated heterocycles.